The summed E-state index contributed by atoms with van der Waals surface area (Å²) >= 11 is 0. The molecule has 0 aliphatic heterocycles. The van der Waals surface area contributed by atoms with Crippen LogP contribution in [0.2, 0.25) is 0 Å². The molecule has 0 aromatic carbocycles. The summed E-state index contributed by atoms with van der Waals surface area (Å²) in [6, 6.07) is -0.225. The van der Waals surface area contributed by atoms with Crippen LogP contribution in [0.5, 0.6) is 0 Å². The van der Waals surface area contributed by atoms with E-state index in [2.05, 4.69) is 54.7 Å². The SMILES string of the molecule is C=CC(=O)OCC(O)COCC(COCC(O)COC(=O)C=C)(COCC(O)C[N+](CC)(CC)CC)CC(CO)[N+](CC)(CC)CC. The number of aliphatic hydroxyl groups excluding tert-OH is 4. The summed E-state index contributed by atoms with van der Waals surface area (Å²) < 4.78 is 29.5. The lowest BCUT2D eigenvalue weighted by Gasteiger charge is -2.46. The van der Waals surface area contributed by atoms with E-state index >= 15 is 0 Å². The van der Waals surface area contributed by atoms with Crippen molar-refractivity contribution >= 4 is 11.9 Å². The highest BCUT2D eigenvalue weighted by atomic mass is 16.6. The first-order valence-electron chi connectivity index (χ1n) is 17.0. The second-order valence-corrected chi connectivity index (χ2v) is 12.4. The Morgan fingerprint density at radius 1 is 0.660 bits per heavy atom. The van der Waals surface area contributed by atoms with Gasteiger partial charge in [-0.1, -0.05) is 13.2 Å². The Morgan fingerprint density at radius 3 is 1.36 bits per heavy atom. The number of hydrogen-bond acceptors (Lipinski definition) is 11. The van der Waals surface area contributed by atoms with E-state index in [1.54, 1.807) is 0 Å². The Morgan fingerprint density at radius 2 is 1.04 bits per heavy atom. The lowest BCUT2D eigenvalue weighted by molar-refractivity contribution is -0.948. The van der Waals surface area contributed by atoms with Gasteiger partial charge in [0, 0.05) is 24.0 Å². The number of esters is 2. The van der Waals surface area contributed by atoms with Crippen LogP contribution in [0, 0.1) is 5.41 Å². The van der Waals surface area contributed by atoms with E-state index in [9.17, 15) is 30.0 Å². The summed E-state index contributed by atoms with van der Waals surface area (Å²) in [5.41, 5.74) is -0.892. The normalized spacial score (nSPS) is 16.0. The monoisotopic (exact) mass is 678 g/mol. The second-order valence-electron chi connectivity index (χ2n) is 12.4. The molecule has 0 radical (unpaired) electrons. The molecule has 47 heavy (non-hydrogen) atoms. The van der Waals surface area contributed by atoms with Crippen LogP contribution < -0.4 is 0 Å². The van der Waals surface area contributed by atoms with Crippen molar-refractivity contribution in [3.05, 3.63) is 25.3 Å². The van der Waals surface area contributed by atoms with Gasteiger partial charge in [-0.15, -0.1) is 0 Å². The molecule has 0 bridgehead atoms. The minimum Gasteiger partial charge on any atom is -0.460 e. The van der Waals surface area contributed by atoms with Crippen molar-refractivity contribution in [1.29, 1.82) is 0 Å². The zero-order chi connectivity index (χ0) is 35.9. The molecular formula is C34H66N2O11+2. The molecule has 13 heteroatoms. The average Bonchev–Trinajstić information content (AvgIpc) is 3.08. The summed E-state index contributed by atoms with van der Waals surface area (Å²) in [4.78, 5) is 22.9. The van der Waals surface area contributed by atoms with E-state index in [0.29, 0.717) is 17.4 Å². The lowest BCUT2D eigenvalue weighted by Crippen LogP contribution is -2.59. The minimum absolute atomic E-state index is 0.0314. The zero-order valence-electron chi connectivity index (χ0n) is 29.9. The first-order chi connectivity index (χ1) is 22.3. The number of hydrogen-bond donors (Lipinski definition) is 4. The smallest absolute Gasteiger partial charge is 0.330 e. The standard InChI is InChI=1S/C34H66N2O11/c1-9-32(41)46-23-30(39)21-44-26-34(17-28(19-37)36(14-6,15-7)16-8,27-45-22-31(40)24-47-33(42)10-2)25-43-20-29(38)18-35(11-3,12-4)13-5/h9-10,28-31,37-40H,1-2,11-27H2,3-8H3/q+2. The first kappa shape index (κ1) is 45.1. The van der Waals surface area contributed by atoms with Gasteiger partial charge in [0.1, 0.15) is 44.1 Å². The number of ether oxygens (including phenoxy) is 5. The van der Waals surface area contributed by atoms with E-state index in [-0.39, 0.29) is 65.5 Å². The Balaban J connectivity index is 6.22. The summed E-state index contributed by atoms with van der Waals surface area (Å²) in [5.74, 6) is -1.32. The van der Waals surface area contributed by atoms with Crippen molar-refractivity contribution in [3.63, 3.8) is 0 Å². The molecule has 4 N–H and O–H groups in total. The number of nitrogens with zero attached hydrogens (tertiary/aromatic N) is 2. The van der Waals surface area contributed by atoms with Crippen LogP contribution in [0.3, 0.4) is 0 Å². The van der Waals surface area contributed by atoms with Gasteiger partial charge in [0.25, 0.3) is 0 Å². The summed E-state index contributed by atoms with van der Waals surface area (Å²) in [5, 5.41) is 42.5. The third kappa shape index (κ3) is 16.3. The fourth-order valence-electron chi connectivity index (χ4n) is 6.04. The highest BCUT2D eigenvalue weighted by Gasteiger charge is 2.42. The minimum atomic E-state index is -1.10. The molecule has 0 aliphatic rings. The van der Waals surface area contributed by atoms with Crippen LogP contribution in [0.15, 0.2) is 25.3 Å². The van der Waals surface area contributed by atoms with E-state index in [1.807, 2.05) is 0 Å². The number of likely N-dealkylation sites (N-methyl/N-ethyl adjacent to an activating group) is 2. The number of aliphatic hydroxyl groups is 4. The van der Waals surface area contributed by atoms with Gasteiger partial charge in [-0.2, -0.15) is 0 Å². The molecule has 0 aromatic rings. The molecule has 0 rings (SSSR count). The molecule has 13 nitrogen and oxygen atoms in total. The number of carbonyl (C=O) groups excluding carboxylic acids is 2. The molecule has 4 atom stereocenters. The summed E-state index contributed by atoms with van der Waals surface area (Å²) in [6.07, 6.45) is -0.508. The van der Waals surface area contributed by atoms with Crippen LogP contribution >= 0.6 is 0 Å². The van der Waals surface area contributed by atoms with E-state index in [4.69, 9.17) is 23.7 Å². The molecule has 0 amide bonds. The van der Waals surface area contributed by atoms with Crippen LogP contribution in [0.25, 0.3) is 0 Å². The van der Waals surface area contributed by atoms with Gasteiger partial charge in [-0.3, -0.25) is 0 Å². The average molecular weight is 679 g/mol. The van der Waals surface area contributed by atoms with Crippen LogP contribution in [-0.4, -0.2) is 171 Å². The van der Waals surface area contributed by atoms with Crippen LogP contribution in [-0.2, 0) is 33.3 Å². The Kier molecular flexibility index (Phi) is 23.2. The van der Waals surface area contributed by atoms with Gasteiger partial charge in [0.05, 0.1) is 85.5 Å². The predicted molar refractivity (Wildman–Crippen MR) is 179 cm³/mol. The Bertz CT molecular complexity index is 828. The number of rotatable bonds is 30. The van der Waals surface area contributed by atoms with Crippen molar-refractivity contribution in [2.75, 3.05) is 105 Å². The highest BCUT2D eigenvalue weighted by Crippen LogP contribution is 2.31. The summed E-state index contributed by atoms with van der Waals surface area (Å²) in [6.45, 7) is 24.0. The maximum absolute atomic E-state index is 11.4. The van der Waals surface area contributed by atoms with Crippen molar-refractivity contribution in [1.82, 2.24) is 0 Å². The number of quaternary nitrogens is 2. The molecule has 0 fully saturated rings. The molecule has 4 unspecified atom stereocenters. The molecule has 0 saturated heterocycles. The van der Waals surface area contributed by atoms with Crippen molar-refractivity contribution in [2.24, 2.45) is 5.41 Å². The van der Waals surface area contributed by atoms with Gasteiger partial charge in [-0.25, -0.2) is 9.59 Å². The lowest BCUT2D eigenvalue weighted by atomic mass is 9.82. The molecule has 0 spiro atoms. The first-order valence-corrected chi connectivity index (χ1v) is 17.0. The second kappa shape index (κ2) is 24.2. The summed E-state index contributed by atoms with van der Waals surface area (Å²) in [7, 11) is 0. The molecular weight excluding hydrogens is 612 g/mol. The molecule has 0 aliphatic carbocycles. The fourth-order valence-corrected chi connectivity index (χ4v) is 6.04. The molecule has 276 valence electrons. The fraction of sp³-hybridized carbons (Fsp3) is 0.824. The van der Waals surface area contributed by atoms with Crippen molar-refractivity contribution in [2.45, 2.75) is 72.3 Å². The van der Waals surface area contributed by atoms with E-state index < -0.39 is 35.7 Å². The molecule has 0 saturated carbocycles. The van der Waals surface area contributed by atoms with Gasteiger partial charge >= 0.3 is 11.9 Å². The van der Waals surface area contributed by atoms with E-state index in [1.165, 1.54) is 0 Å². The number of carbonyl (C=O) groups is 2. The van der Waals surface area contributed by atoms with Crippen LogP contribution in [0.4, 0.5) is 0 Å². The Hall–Kier alpha value is -1.94. The van der Waals surface area contributed by atoms with Crippen LogP contribution in [0.1, 0.15) is 48.0 Å². The van der Waals surface area contributed by atoms with Gasteiger partial charge in [0.15, 0.2) is 0 Å². The highest BCUT2D eigenvalue weighted by molar-refractivity contribution is 5.81. The third-order valence-corrected chi connectivity index (χ3v) is 9.48. The topological polar surface area (TPSA) is 161 Å². The molecule has 0 aromatic heterocycles. The van der Waals surface area contributed by atoms with Gasteiger partial charge < -0.3 is 53.1 Å². The Labute approximate surface area is 282 Å². The quantitative estimate of drug-likeness (QED) is 0.0489. The molecule has 0 heterocycles. The zero-order valence-corrected chi connectivity index (χ0v) is 29.9. The van der Waals surface area contributed by atoms with E-state index in [0.717, 1.165) is 55.9 Å². The maximum Gasteiger partial charge on any atom is 0.330 e. The van der Waals surface area contributed by atoms with Crippen molar-refractivity contribution < 1.29 is 62.7 Å². The maximum atomic E-state index is 11.4. The third-order valence-electron chi connectivity index (χ3n) is 9.48. The van der Waals surface area contributed by atoms with Crippen molar-refractivity contribution in [3.8, 4) is 0 Å². The van der Waals surface area contributed by atoms with Gasteiger partial charge in [0.2, 0.25) is 0 Å². The van der Waals surface area contributed by atoms with Gasteiger partial charge in [-0.05, 0) is 41.5 Å². The largest absolute Gasteiger partial charge is 0.460 e. The predicted octanol–water partition coefficient (Wildman–Crippen LogP) is 1.07.